The molecule has 0 saturated heterocycles. The molecule has 2 aromatic carbocycles. The number of aromatic nitrogens is 3. The number of amides is 2. The number of nitrogens with zero attached hydrogens (tertiary/aromatic N) is 3. The zero-order valence-corrected chi connectivity index (χ0v) is 18.3. The van der Waals surface area contributed by atoms with Gasteiger partial charge in [-0.2, -0.15) is 13.2 Å². The summed E-state index contributed by atoms with van der Waals surface area (Å²) in [4.78, 5) is 23.6. The van der Waals surface area contributed by atoms with Crippen LogP contribution in [-0.4, -0.2) is 21.0 Å². The number of alkyl halides is 3. The molecule has 0 atom stereocenters. The summed E-state index contributed by atoms with van der Waals surface area (Å²) in [5, 5.41) is 4.12. The third kappa shape index (κ3) is 5.86. The van der Waals surface area contributed by atoms with Gasteiger partial charge in [-0.1, -0.05) is 12.1 Å². The van der Waals surface area contributed by atoms with Gasteiger partial charge in [0.25, 0.3) is 0 Å². The van der Waals surface area contributed by atoms with Crippen LogP contribution in [0.1, 0.15) is 5.56 Å². The lowest BCUT2D eigenvalue weighted by Gasteiger charge is -2.12. The summed E-state index contributed by atoms with van der Waals surface area (Å²) in [6.07, 6.45) is -1.82. The van der Waals surface area contributed by atoms with Gasteiger partial charge in [0.15, 0.2) is 11.6 Å². The van der Waals surface area contributed by atoms with E-state index >= 15 is 0 Å². The molecule has 14 heteroatoms. The van der Waals surface area contributed by atoms with Gasteiger partial charge >= 0.3 is 18.2 Å². The summed E-state index contributed by atoms with van der Waals surface area (Å²) in [6.45, 7) is 0. The predicted molar refractivity (Wildman–Crippen MR) is 120 cm³/mol. The van der Waals surface area contributed by atoms with Crippen LogP contribution in [0.5, 0.6) is 11.8 Å². The Morgan fingerprint density at radius 1 is 0.865 bits per heavy atom. The summed E-state index contributed by atoms with van der Waals surface area (Å²) < 4.78 is 84.5. The number of hydrogen-bond donors (Lipinski definition) is 3. The number of urea groups is 1. The summed E-state index contributed by atoms with van der Waals surface area (Å²) in [6, 6.07) is 7.28. The molecule has 0 radical (unpaired) electrons. The van der Waals surface area contributed by atoms with Crippen molar-refractivity contribution in [2.45, 2.75) is 6.18 Å². The number of nitrogens with one attached hydrogen (secondary N) is 2. The fourth-order valence-electron chi connectivity index (χ4n) is 3.07. The van der Waals surface area contributed by atoms with Gasteiger partial charge in [-0.05, 0) is 35.9 Å². The number of nitrogens with two attached hydrogens (primary N) is 1. The van der Waals surface area contributed by atoms with Crippen LogP contribution in [0, 0.1) is 17.5 Å². The topological polar surface area (TPSA) is 115 Å². The van der Waals surface area contributed by atoms with Crippen LogP contribution in [0.15, 0.2) is 61.1 Å². The maximum absolute atomic E-state index is 13.9. The molecular weight excluding hydrogens is 506 g/mol. The quantitative estimate of drug-likeness (QED) is 0.279. The smallest absolute Gasteiger partial charge is 0.419 e. The van der Waals surface area contributed by atoms with E-state index in [9.17, 15) is 31.1 Å². The maximum Gasteiger partial charge on any atom is 0.419 e. The third-order valence-electron chi connectivity index (χ3n) is 4.78. The van der Waals surface area contributed by atoms with Gasteiger partial charge in [-0.15, -0.1) is 0 Å². The van der Waals surface area contributed by atoms with E-state index in [-0.39, 0.29) is 17.5 Å². The summed E-state index contributed by atoms with van der Waals surface area (Å²) in [5.41, 5.74) is 4.17. The zero-order valence-electron chi connectivity index (χ0n) is 18.3. The Hall–Kier alpha value is -4.88. The van der Waals surface area contributed by atoms with Gasteiger partial charge in [0.1, 0.15) is 17.4 Å². The van der Waals surface area contributed by atoms with E-state index < -0.39 is 40.9 Å². The van der Waals surface area contributed by atoms with Crippen LogP contribution in [0.25, 0.3) is 11.1 Å². The van der Waals surface area contributed by atoms with Crippen molar-refractivity contribution in [2.75, 3.05) is 16.4 Å². The minimum absolute atomic E-state index is 0.0158. The van der Waals surface area contributed by atoms with Gasteiger partial charge in [-0.25, -0.2) is 32.9 Å². The van der Waals surface area contributed by atoms with Crippen molar-refractivity contribution in [3.8, 4) is 22.9 Å². The highest BCUT2D eigenvalue weighted by Crippen LogP contribution is 2.34. The van der Waals surface area contributed by atoms with E-state index in [0.717, 1.165) is 18.6 Å². The molecule has 4 rings (SSSR count). The van der Waals surface area contributed by atoms with E-state index in [2.05, 4.69) is 20.3 Å². The van der Waals surface area contributed by atoms with Crippen molar-refractivity contribution in [3.63, 3.8) is 0 Å². The van der Waals surface area contributed by atoms with Crippen molar-refractivity contribution >= 4 is 23.2 Å². The molecule has 2 heterocycles. The van der Waals surface area contributed by atoms with Crippen LogP contribution in [0.2, 0.25) is 0 Å². The molecule has 4 aromatic rings. The molecule has 8 nitrogen and oxygen atoms in total. The number of rotatable bonds is 5. The summed E-state index contributed by atoms with van der Waals surface area (Å²) in [7, 11) is 0. The molecule has 37 heavy (non-hydrogen) atoms. The maximum atomic E-state index is 13.9. The van der Waals surface area contributed by atoms with Crippen LogP contribution in [0.4, 0.5) is 48.3 Å². The molecule has 0 aliphatic rings. The zero-order chi connectivity index (χ0) is 26.7. The molecule has 0 fully saturated rings. The standard InChI is InChI=1S/C23H14F6N6O2/c24-12-7-15(20(30)31-8-12)11-1-3-14(4-2-11)37-22-32-9-13(10-33-22)34-21(36)35-17-6-5-16(23(27,28)29)18(25)19(17)26/h1-10H,(H2,30,31)(H2,34,35,36). The summed E-state index contributed by atoms with van der Waals surface area (Å²) >= 11 is 0. The number of hydrogen-bond acceptors (Lipinski definition) is 6. The average molecular weight is 520 g/mol. The molecule has 0 aliphatic carbocycles. The highest BCUT2D eigenvalue weighted by Gasteiger charge is 2.36. The highest BCUT2D eigenvalue weighted by molar-refractivity contribution is 5.99. The van der Waals surface area contributed by atoms with E-state index in [1.165, 1.54) is 6.07 Å². The molecule has 2 amide bonds. The number of nitrogen functional groups attached to an aromatic ring is 1. The second kappa shape index (κ2) is 10.0. The molecule has 0 bridgehead atoms. The average Bonchev–Trinajstić information content (AvgIpc) is 2.84. The van der Waals surface area contributed by atoms with Crippen LogP contribution >= 0.6 is 0 Å². The molecule has 0 spiro atoms. The molecule has 190 valence electrons. The number of benzene rings is 2. The minimum atomic E-state index is -5.10. The lowest BCUT2D eigenvalue weighted by molar-refractivity contribution is -0.140. The van der Waals surface area contributed by atoms with E-state index in [1.54, 1.807) is 24.3 Å². The summed E-state index contributed by atoms with van der Waals surface area (Å²) in [5.74, 6) is -4.08. The van der Waals surface area contributed by atoms with Gasteiger partial charge in [0.05, 0.1) is 35.5 Å². The van der Waals surface area contributed by atoms with Gasteiger partial charge < -0.3 is 21.1 Å². The van der Waals surface area contributed by atoms with Gasteiger partial charge in [0, 0.05) is 5.56 Å². The molecular formula is C23H14F6N6O2. The van der Waals surface area contributed by atoms with Crippen molar-refractivity contribution in [2.24, 2.45) is 0 Å². The molecule has 0 saturated carbocycles. The monoisotopic (exact) mass is 520 g/mol. The van der Waals surface area contributed by atoms with E-state index in [1.807, 2.05) is 5.32 Å². The second-order valence-electron chi connectivity index (χ2n) is 7.33. The Bertz CT molecular complexity index is 1450. The fourth-order valence-corrected chi connectivity index (χ4v) is 3.07. The minimum Gasteiger partial charge on any atom is -0.424 e. The number of pyridine rings is 1. The van der Waals surface area contributed by atoms with Crippen molar-refractivity contribution in [1.82, 2.24) is 15.0 Å². The Kier molecular flexibility index (Phi) is 6.82. The number of carbonyl (C=O) groups is 1. The third-order valence-corrected chi connectivity index (χ3v) is 4.78. The first-order valence-electron chi connectivity index (χ1n) is 10.2. The van der Waals surface area contributed by atoms with Crippen LogP contribution in [-0.2, 0) is 6.18 Å². The Balaban J connectivity index is 1.38. The number of ether oxygens (including phenoxy) is 1. The second-order valence-corrected chi connectivity index (χ2v) is 7.33. The lowest BCUT2D eigenvalue weighted by atomic mass is 10.1. The first kappa shape index (κ1) is 25.2. The number of halogens is 6. The predicted octanol–water partition coefficient (Wildman–Crippen LogP) is 5.99. The largest absolute Gasteiger partial charge is 0.424 e. The van der Waals surface area contributed by atoms with Gasteiger partial charge in [-0.3, -0.25) is 0 Å². The molecule has 2 aromatic heterocycles. The molecule has 0 unspecified atom stereocenters. The SMILES string of the molecule is Nc1ncc(F)cc1-c1ccc(Oc2ncc(NC(=O)Nc3ccc(C(F)(F)F)c(F)c3F)cn2)cc1. The lowest BCUT2D eigenvalue weighted by Crippen LogP contribution is -2.21. The molecule has 4 N–H and O–H groups in total. The van der Waals surface area contributed by atoms with Crippen molar-refractivity contribution in [3.05, 3.63) is 84.1 Å². The highest BCUT2D eigenvalue weighted by atomic mass is 19.4. The number of anilines is 3. The Morgan fingerprint density at radius 2 is 1.54 bits per heavy atom. The van der Waals surface area contributed by atoms with E-state index in [4.69, 9.17) is 10.5 Å². The molecule has 0 aliphatic heterocycles. The Morgan fingerprint density at radius 3 is 2.19 bits per heavy atom. The number of carbonyl (C=O) groups excluding carboxylic acids is 1. The van der Waals surface area contributed by atoms with Gasteiger partial charge in [0.2, 0.25) is 0 Å². The first-order valence-corrected chi connectivity index (χ1v) is 10.2. The van der Waals surface area contributed by atoms with E-state index in [0.29, 0.717) is 29.0 Å². The normalized spacial score (nSPS) is 11.2. The van der Waals surface area contributed by atoms with Crippen LogP contribution in [0.3, 0.4) is 0 Å². The first-order chi connectivity index (χ1) is 17.5. The van der Waals surface area contributed by atoms with Crippen molar-refractivity contribution < 1.29 is 35.9 Å². The van der Waals surface area contributed by atoms with Crippen molar-refractivity contribution in [1.29, 1.82) is 0 Å². The van der Waals surface area contributed by atoms with Crippen LogP contribution < -0.4 is 21.1 Å². The fraction of sp³-hybridized carbons (Fsp3) is 0.0435. The Labute approximate surface area is 204 Å².